The van der Waals surface area contributed by atoms with Crippen LogP contribution in [-0.2, 0) is 23.8 Å². The van der Waals surface area contributed by atoms with Crippen LogP contribution in [0.5, 0.6) is 0 Å². The second kappa shape index (κ2) is 4.85. The molecule has 1 saturated heterocycles. The molecular formula is C11H14O6. The third-order valence-corrected chi connectivity index (χ3v) is 2.99. The average molecular weight is 242 g/mol. The maximum atomic E-state index is 11.8. The van der Waals surface area contributed by atoms with Gasteiger partial charge in [-0.25, -0.2) is 0 Å². The Bertz CT molecular complexity index is 350. The minimum absolute atomic E-state index is 0.124. The van der Waals surface area contributed by atoms with Gasteiger partial charge in [-0.15, -0.1) is 0 Å². The quantitative estimate of drug-likeness (QED) is 0.409. The topological polar surface area (TPSA) is 82.1 Å². The van der Waals surface area contributed by atoms with Crippen molar-refractivity contribution >= 4 is 11.9 Å². The largest absolute Gasteiger partial charge is 0.481 e. The lowest BCUT2D eigenvalue weighted by Gasteiger charge is -2.19. The molecule has 3 unspecified atom stereocenters. The zero-order chi connectivity index (χ0) is 12.4. The van der Waals surface area contributed by atoms with Gasteiger partial charge in [-0.1, -0.05) is 12.2 Å². The molecule has 6 nitrogen and oxygen atoms in total. The number of aliphatic carboxylic acids is 1. The van der Waals surface area contributed by atoms with Gasteiger partial charge in [0.2, 0.25) is 0 Å². The number of methoxy groups -OCH3 is 1. The molecule has 1 fully saturated rings. The molecule has 2 bridgehead atoms. The van der Waals surface area contributed by atoms with Crippen LogP contribution in [0.1, 0.15) is 0 Å². The highest BCUT2D eigenvalue weighted by Crippen LogP contribution is 2.39. The van der Waals surface area contributed by atoms with Gasteiger partial charge in [0.05, 0.1) is 18.8 Å². The van der Waals surface area contributed by atoms with E-state index < -0.39 is 36.0 Å². The van der Waals surface area contributed by atoms with Gasteiger partial charge < -0.3 is 19.3 Å². The number of esters is 1. The number of fused-ring (bicyclic) bond motifs is 2. The Morgan fingerprint density at radius 3 is 2.47 bits per heavy atom. The van der Waals surface area contributed by atoms with Gasteiger partial charge in [0, 0.05) is 7.11 Å². The summed E-state index contributed by atoms with van der Waals surface area (Å²) >= 11 is 0. The number of hydrogen-bond donors (Lipinski definition) is 1. The third kappa shape index (κ3) is 2.18. The van der Waals surface area contributed by atoms with E-state index in [0.717, 1.165) is 0 Å². The molecule has 0 aromatic rings. The van der Waals surface area contributed by atoms with Crippen molar-refractivity contribution in [3.63, 3.8) is 0 Å². The molecule has 0 spiro atoms. The summed E-state index contributed by atoms with van der Waals surface area (Å²) in [6.45, 7) is 0.417. The third-order valence-electron chi connectivity index (χ3n) is 2.99. The summed E-state index contributed by atoms with van der Waals surface area (Å²) in [6.07, 6.45) is 2.41. The zero-order valence-corrected chi connectivity index (χ0v) is 9.37. The molecule has 0 amide bonds. The SMILES string of the molecule is COCCOC(=O)C1C2C=C[C@@H](O2)C1C(=O)O. The van der Waals surface area contributed by atoms with Gasteiger partial charge >= 0.3 is 11.9 Å². The molecular weight excluding hydrogens is 228 g/mol. The van der Waals surface area contributed by atoms with Gasteiger partial charge in [0.1, 0.15) is 18.4 Å². The lowest BCUT2D eigenvalue weighted by atomic mass is 9.83. The first-order valence-electron chi connectivity index (χ1n) is 5.37. The Labute approximate surface area is 98.1 Å². The molecule has 17 heavy (non-hydrogen) atoms. The normalized spacial score (nSPS) is 33.9. The van der Waals surface area contributed by atoms with Crippen LogP contribution in [0.15, 0.2) is 12.2 Å². The first-order valence-corrected chi connectivity index (χ1v) is 5.37. The molecule has 2 aliphatic rings. The number of ether oxygens (including phenoxy) is 3. The summed E-state index contributed by atoms with van der Waals surface area (Å²) < 4.78 is 15.1. The van der Waals surface area contributed by atoms with E-state index in [1.54, 1.807) is 12.2 Å². The molecule has 2 rings (SSSR count). The van der Waals surface area contributed by atoms with E-state index in [1.165, 1.54) is 7.11 Å². The highest BCUT2D eigenvalue weighted by atomic mass is 16.6. The van der Waals surface area contributed by atoms with Crippen molar-refractivity contribution in [3.8, 4) is 0 Å². The van der Waals surface area contributed by atoms with E-state index in [2.05, 4.69) is 0 Å². The molecule has 94 valence electrons. The van der Waals surface area contributed by atoms with Crippen molar-refractivity contribution in [2.75, 3.05) is 20.3 Å². The maximum absolute atomic E-state index is 11.8. The van der Waals surface area contributed by atoms with E-state index in [1.807, 2.05) is 0 Å². The van der Waals surface area contributed by atoms with E-state index in [9.17, 15) is 9.59 Å². The van der Waals surface area contributed by atoms with Crippen molar-refractivity contribution in [1.29, 1.82) is 0 Å². The van der Waals surface area contributed by atoms with Gasteiger partial charge in [0.25, 0.3) is 0 Å². The molecule has 2 aliphatic heterocycles. The second-order valence-corrected chi connectivity index (χ2v) is 4.00. The van der Waals surface area contributed by atoms with Crippen LogP contribution in [0.25, 0.3) is 0 Å². The Kier molecular flexibility index (Phi) is 3.44. The lowest BCUT2D eigenvalue weighted by molar-refractivity contribution is -0.157. The lowest BCUT2D eigenvalue weighted by Crippen LogP contribution is -2.37. The summed E-state index contributed by atoms with van der Waals surface area (Å²) in [5, 5.41) is 9.08. The standard InChI is InChI=1S/C11H14O6/c1-15-4-5-16-11(14)9-7-3-2-6(17-7)8(9)10(12)13/h2-3,6-9H,4-5H2,1H3,(H,12,13)/t6-,7?,8?,9?/m1/s1. The van der Waals surface area contributed by atoms with E-state index >= 15 is 0 Å². The van der Waals surface area contributed by atoms with Crippen LogP contribution in [-0.4, -0.2) is 49.6 Å². The van der Waals surface area contributed by atoms with Gasteiger partial charge in [-0.3, -0.25) is 9.59 Å². The molecule has 0 saturated carbocycles. The summed E-state index contributed by atoms with van der Waals surface area (Å²) in [4.78, 5) is 22.9. The first kappa shape index (κ1) is 12.1. The van der Waals surface area contributed by atoms with Crippen molar-refractivity contribution < 1.29 is 28.9 Å². The first-order chi connectivity index (χ1) is 8.15. The van der Waals surface area contributed by atoms with Gasteiger partial charge in [0.15, 0.2) is 0 Å². The minimum atomic E-state index is -1.03. The number of carboxylic acid groups (broad SMARTS) is 1. The number of carbonyl (C=O) groups is 2. The number of hydrogen-bond acceptors (Lipinski definition) is 5. The fraction of sp³-hybridized carbons (Fsp3) is 0.636. The van der Waals surface area contributed by atoms with Crippen molar-refractivity contribution in [2.45, 2.75) is 12.2 Å². The minimum Gasteiger partial charge on any atom is -0.481 e. The Hall–Kier alpha value is -1.40. The average Bonchev–Trinajstić information content (AvgIpc) is 2.88. The van der Waals surface area contributed by atoms with Crippen LogP contribution in [0, 0.1) is 11.8 Å². The molecule has 1 N–H and O–H groups in total. The molecule has 0 aromatic heterocycles. The highest BCUT2D eigenvalue weighted by Gasteiger charge is 2.53. The summed E-state index contributed by atoms with van der Waals surface area (Å²) in [7, 11) is 1.50. The Morgan fingerprint density at radius 1 is 1.24 bits per heavy atom. The summed E-state index contributed by atoms with van der Waals surface area (Å²) in [6, 6.07) is 0. The Balaban J connectivity index is 2.01. The monoisotopic (exact) mass is 242 g/mol. The highest BCUT2D eigenvalue weighted by molar-refractivity contribution is 5.84. The van der Waals surface area contributed by atoms with E-state index in [4.69, 9.17) is 19.3 Å². The van der Waals surface area contributed by atoms with Crippen LogP contribution >= 0.6 is 0 Å². The number of carbonyl (C=O) groups excluding carboxylic acids is 1. The van der Waals surface area contributed by atoms with Gasteiger partial charge in [-0.05, 0) is 0 Å². The summed E-state index contributed by atoms with van der Waals surface area (Å²) in [5.41, 5.74) is 0. The van der Waals surface area contributed by atoms with Crippen molar-refractivity contribution in [3.05, 3.63) is 12.2 Å². The molecule has 6 heteroatoms. The van der Waals surface area contributed by atoms with Crippen LogP contribution in [0.4, 0.5) is 0 Å². The molecule has 0 radical (unpaired) electrons. The van der Waals surface area contributed by atoms with Crippen molar-refractivity contribution in [1.82, 2.24) is 0 Å². The summed E-state index contributed by atoms with van der Waals surface area (Å²) in [5.74, 6) is -3.17. The van der Waals surface area contributed by atoms with E-state index in [-0.39, 0.29) is 6.61 Å². The predicted octanol–water partition coefficient (Wildman–Crippen LogP) is -0.170. The fourth-order valence-electron chi connectivity index (χ4n) is 2.21. The predicted molar refractivity (Wildman–Crippen MR) is 55.3 cm³/mol. The Morgan fingerprint density at radius 2 is 1.88 bits per heavy atom. The zero-order valence-electron chi connectivity index (χ0n) is 9.37. The van der Waals surface area contributed by atoms with Crippen molar-refractivity contribution in [2.24, 2.45) is 11.8 Å². The van der Waals surface area contributed by atoms with E-state index in [0.29, 0.717) is 6.61 Å². The number of rotatable bonds is 5. The van der Waals surface area contributed by atoms with Gasteiger partial charge in [-0.2, -0.15) is 0 Å². The molecule has 4 atom stereocenters. The van der Waals surface area contributed by atoms with Crippen LogP contribution in [0.2, 0.25) is 0 Å². The molecule has 2 heterocycles. The van der Waals surface area contributed by atoms with Crippen LogP contribution in [0.3, 0.4) is 0 Å². The smallest absolute Gasteiger partial charge is 0.313 e. The second-order valence-electron chi connectivity index (χ2n) is 4.00. The maximum Gasteiger partial charge on any atom is 0.313 e. The van der Waals surface area contributed by atoms with Crippen LogP contribution < -0.4 is 0 Å². The molecule has 0 aromatic carbocycles. The number of carboxylic acids is 1. The fourth-order valence-corrected chi connectivity index (χ4v) is 2.21. The molecule has 0 aliphatic carbocycles.